The highest BCUT2D eigenvalue weighted by atomic mass is 35.5. The standard InChI is InChI=1S/C18H9ClF7N3O.C7H5F4N/c19-9-4-6-10(7-5-9)29-15(18(24,25)26)11(8-27-29)16(30)28-13-3-1-2-12(14(13)20)17(21,22)23;8-6-4(7(9,10)11)2-1-3-5(6)12/h1-8H,(H,28,30);1-3H,12H2. The van der Waals surface area contributed by atoms with Gasteiger partial charge in [-0.15, -0.1) is 0 Å². The van der Waals surface area contributed by atoms with E-state index < -0.39 is 69.8 Å². The summed E-state index contributed by atoms with van der Waals surface area (Å²) < 4.78 is 142. The molecule has 0 saturated carbocycles. The second kappa shape index (κ2) is 11.9. The lowest BCUT2D eigenvalue weighted by molar-refractivity contribution is -0.143. The lowest BCUT2D eigenvalue weighted by Crippen LogP contribution is -2.21. The van der Waals surface area contributed by atoms with Crippen molar-refractivity contribution in [3.05, 3.63) is 106 Å². The van der Waals surface area contributed by atoms with E-state index in [-0.39, 0.29) is 10.7 Å². The first-order valence-corrected chi connectivity index (χ1v) is 11.4. The molecular weight excluding hydrogens is 617 g/mol. The maximum absolute atomic E-state index is 14.1. The minimum absolute atomic E-state index is 0.0731. The molecule has 0 aliphatic heterocycles. The molecule has 1 amide bonds. The number of nitrogen functional groups attached to an aromatic ring is 1. The van der Waals surface area contributed by atoms with Gasteiger partial charge in [0.2, 0.25) is 0 Å². The molecule has 0 aliphatic carbocycles. The van der Waals surface area contributed by atoms with Gasteiger partial charge in [0, 0.05) is 5.02 Å². The molecule has 3 N–H and O–H groups in total. The minimum atomic E-state index is -5.06. The third kappa shape index (κ3) is 7.29. The van der Waals surface area contributed by atoms with Crippen molar-refractivity contribution < 1.29 is 53.1 Å². The van der Waals surface area contributed by atoms with Gasteiger partial charge in [0.05, 0.1) is 39.9 Å². The van der Waals surface area contributed by atoms with Crippen molar-refractivity contribution >= 4 is 28.9 Å². The van der Waals surface area contributed by atoms with Gasteiger partial charge >= 0.3 is 18.5 Å². The van der Waals surface area contributed by atoms with E-state index in [0.29, 0.717) is 23.0 Å². The number of amides is 1. The van der Waals surface area contributed by atoms with Crippen LogP contribution in [-0.4, -0.2) is 15.7 Å². The van der Waals surface area contributed by atoms with Gasteiger partial charge in [-0.3, -0.25) is 4.79 Å². The Labute approximate surface area is 233 Å². The third-order valence-electron chi connectivity index (χ3n) is 5.24. The number of aromatic nitrogens is 2. The molecule has 4 aromatic rings. The lowest BCUT2D eigenvalue weighted by Gasteiger charge is -2.14. The number of nitrogens with zero attached hydrogens (tertiary/aromatic N) is 2. The Morgan fingerprint density at radius 3 is 1.79 bits per heavy atom. The van der Waals surface area contributed by atoms with Gasteiger partial charge < -0.3 is 11.1 Å². The number of rotatable bonds is 3. The van der Waals surface area contributed by atoms with Crippen LogP contribution in [-0.2, 0) is 18.5 Å². The number of carbonyl (C=O) groups is 1. The maximum atomic E-state index is 14.1. The summed E-state index contributed by atoms with van der Waals surface area (Å²) in [6.45, 7) is 0. The van der Waals surface area contributed by atoms with Crippen LogP contribution in [0.3, 0.4) is 0 Å². The first-order chi connectivity index (χ1) is 19.3. The van der Waals surface area contributed by atoms with Gasteiger partial charge in [0.25, 0.3) is 5.91 Å². The molecule has 0 spiro atoms. The molecule has 42 heavy (non-hydrogen) atoms. The van der Waals surface area contributed by atoms with Gasteiger partial charge in [0.15, 0.2) is 17.3 Å². The van der Waals surface area contributed by atoms with Crippen molar-refractivity contribution in [2.45, 2.75) is 18.5 Å². The Morgan fingerprint density at radius 2 is 1.29 bits per heavy atom. The van der Waals surface area contributed by atoms with Crippen molar-refractivity contribution in [2.75, 3.05) is 11.1 Å². The Morgan fingerprint density at radius 1 is 0.762 bits per heavy atom. The molecule has 1 aromatic heterocycles. The average molecular weight is 631 g/mol. The largest absolute Gasteiger partial charge is 0.434 e. The molecule has 17 heteroatoms. The molecule has 0 unspecified atom stereocenters. The van der Waals surface area contributed by atoms with Crippen molar-refractivity contribution in [1.82, 2.24) is 9.78 Å². The lowest BCUT2D eigenvalue weighted by atomic mass is 10.1. The van der Waals surface area contributed by atoms with E-state index in [2.05, 4.69) is 5.10 Å². The van der Waals surface area contributed by atoms with Crippen LogP contribution in [0, 0.1) is 11.6 Å². The van der Waals surface area contributed by atoms with Crippen LogP contribution < -0.4 is 11.1 Å². The number of nitrogens with two attached hydrogens (primary N) is 1. The number of carbonyl (C=O) groups excluding carboxylic acids is 1. The fourth-order valence-electron chi connectivity index (χ4n) is 3.37. The molecule has 0 radical (unpaired) electrons. The molecule has 4 rings (SSSR count). The zero-order chi connectivity index (χ0) is 31.6. The second-order valence-corrected chi connectivity index (χ2v) is 8.55. The molecule has 0 saturated heterocycles. The number of hydrogen-bond acceptors (Lipinski definition) is 3. The Hall–Kier alpha value is -4.34. The summed E-state index contributed by atoms with van der Waals surface area (Å²) in [6.07, 6.45) is -14.2. The fraction of sp³-hybridized carbons (Fsp3) is 0.120. The topological polar surface area (TPSA) is 72.9 Å². The van der Waals surface area contributed by atoms with Crippen molar-refractivity contribution in [3.8, 4) is 5.69 Å². The van der Waals surface area contributed by atoms with Crippen LogP contribution in [0.2, 0.25) is 5.02 Å². The second-order valence-electron chi connectivity index (χ2n) is 8.12. The first-order valence-electron chi connectivity index (χ1n) is 11.0. The van der Waals surface area contributed by atoms with Gasteiger partial charge in [-0.1, -0.05) is 23.7 Å². The zero-order valence-corrected chi connectivity index (χ0v) is 21.0. The van der Waals surface area contributed by atoms with Gasteiger partial charge in [-0.05, 0) is 48.5 Å². The molecule has 224 valence electrons. The Bertz CT molecular complexity index is 1580. The summed E-state index contributed by atoms with van der Waals surface area (Å²) in [6, 6.07) is 9.86. The molecule has 0 fully saturated rings. The molecule has 0 aliphatic rings. The summed E-state index contributed by atoms with van der Waals surface area (Å²) in [7, 11) is 0. The van der Waals surface area contributed by atoms with Crippen LogP contribution >= 0.6 is 11.6 Å². The van der Waals surface area contributed by atoms with E-state index >= 15 is 0 Å². The summed E-state index contributed by atoms with van der Waals surface area (Å²) in [5.74, 6) is -4.72. The van der Waals surface area contributed by atoms with Crippen molar-refractivity contribution in [1.29, 1.82) is 0 Å². The summed E-state index contributed by atoms with van der Waals surface area (Å²) in [5.41, 5.74) is -2.06. The van der Waals surface area contributed by atoms with Crippen molar-refractivity contribution in [2.24, 2.45) is 0 Å². The number of anilines is 2. The highest BCUT2D eigenvalue weighted by molar-refractivity contribution is 6.30. The Kier molecular flexibility index (Phi) is 9.10. The SMILES string of the molecule is Nc1cccc(C(F)(F)F)c1F.O=C(Nc1cccc(C(F)(F)F)c1F)c1cnn(-c2ccc(Cl)cc2)c1C(F)(F)F. The average Bonchev–Trinajstić information content (AvgIpc) is 3.33. The first kappa shape index (κ1) is 32.2. The van der Waals surface area contributed by atoms with Crippen LogP contribution in [0.5, 0.6) is 0 Å². The molecule has 0 atom stereocenters. The molecule has 3 aromatic carbocycles. The van der Waals surface area contributed by atoms with E-state index in [1.54, 1.807) is 5.32 Å². The van der Waals surface area contributed by atoms with E-state index in [1.807, 2.05) is 0 Å². The summed E-state index contributed by atoms with van der Waals surface area (Å²) in [5, 5.41) is 5.53. The number of benzene rings is 3. The van der Waals surface area contributed by atoms with Crippen LogP contribution in [0.15, 0.2) is 66.9 Å². The summed E-state index contributed by atoms with van der Waals surface area (Å²) >= 11 is 5.70. The predicted molar refractivity (Wildman–Crippen MR) is 129 cm³/mol. The summed E-state index contributed by atoms with van der Waals surface area (Å²) in [4.78, 5) is 12.4. The quantitative estimate of drug-likeness (QED) is 0.176. The van der Waals surface area contributed by atoms with E-state index in [9.17, 15) is 53.1 Å². The van der Waals surface area contributed by atoms with E-state index in [0.717, 1.165) is 24.3 Å². The molecular formula is C25H14ClF11N4O. The van der Waals surface area contributed by atoms with Gasteiger partial charge in [0.1, 0.15) is 0 Å². The smallest absolute Gasteiger partial charge is 0.396 e. The Balaban J connectivity index is 0.000000337. The molecule has 5 nitrogen and oxygen atoms in total. The fourth-order valence-corrected chi connectivity index (χ4v) is 3.50. The van der Waals surface area contributed by atoms with Crippen LogP contribution in [0.1, 0.15) is 27.2 Å². The van der Waals surface area contributed by atoms with Crippen LogP contribution in [0.4, 0.5) is 59.7 Å². The number of hydrogen-bond donors (Lipinski definition) is 2. The molecule has 1 heterocycles. The van der Waals surface area contributed by atoms with E-state index in [4.69, 9.17) is 17.3 Å². The highest BCUT2D eigenvalue weighted by Crippen LogP contribution is 2.36. The molecule has 0 bridgehead atoms. The number of halogens is 12. The highest BCUT2D eigenvalue weighted by Gasteiger charge is 2.41. The normalized spacial score (nSPS) is 12.0. The third-order valence-corrected chi connectivity index (χ3v) is 5.49. The predicted octanol–water partition coefficient (Wildman–Crippen LogP) is 8.38. The zero-order valence-electron chi connectivity index (χ0n) is 20.3. The van der Waals surface area contributed by atoms with Crippen molar-refractivity contribution in [3.63, 3.8) is 0 Å². The maximum Gasteiger partial charge on any atom is 0.434 e. The number of alkyl halides is 9. The van der Waals surface area contributed by atoms with E-state index in [1.165, 1.54) is 24.3 Å². The minimum Gasteiger partial charge on any atom is -0.396 e. The van der Waals surface area contributed by atoms with Gasteiger partial charge in [-0.2, -0.15) is 44.6 Å². The van der Waals surface area contributed by atoms with Crippen LogP contribution in [0.25, 0.3) is 5.69 Å². The monoisotopic (exact) mass is 630 g/mol. The number of nitrogens with one attached hydrogen (secondary N) is 1. The van der Waals surface area contributed by atoms with Gasteiger partial charge in [-0.25, -0.2) is 13.5 Å².